The van der Waals surface area contributed by atoms with Gasteiger partial charge in [-0.05, 0) is 31.7 Å². The van der Waals surface area contributed by atoms with Crippen molar-refractivity contribution in [2.45, 2.75) is 33.3 Å². The maximum Gasteiger partial charge on any atom is 0.311 e. The molecule has 2 aromatic rings. The summed E-state index contributed by atoms with van der Waals surface area (Å²) in [4.78, 5) is 11.9. The molecule has 0 saturated carbocycles. The summed E-state index contributed by atoms with van der Waals surface area (Å²) in [5.41, 5.74) is -0.532. The minimum atomic E-state index is -0.856. The minimum Gasteiger partial charge on any atom is -0.490 e. The first-order valence-corrected chi connectivity index (χ1v) is 7.90. The van der Waals surface area contributed by atoms with Crippen LogP contribution in [-0.4, -0.2) is 30.4 Å². The van der Waals surface area contributed by atoms with E-state index in [0.29, 0.717) is 12.2 Å². The predicted molar refractivity (Wildman–Crippen MR) is 90.5 cm³/mol. The van der Waals surface area contributed by atoms with E-state index < -0.39 is 11.5 Å². The first-order valence-electron chi connectivity index (χ1n) is 7.90. The van der Waals surface area contributed by atoms with Gasteiger partial charge in [-0.2, -0.15) is 0 Å². The van der Waals surface area contributed by atoms with Crippen molar-refractivity contribution in [3.8, 4) is 5.75 Å². The van der Waals surface area contributed by atoms with Crippen molar-refractivity contribution in [1.82, 2.24) is 0 Å². The van der Waals surface area contributed by atoms with E-state index in [1.807, 2.05) is 63.2 Å². The molecule has 0 saturated heterocycles. The number of aliphatic hydroxyl groups excluding tert-OH is 1. The first kappa shape index (κ1) is 17.3. The predicted octanol–water partition coefficient (Wildman–Crippen LogP) is 3.56. The lowest BCUT2D eigenvalue weighted by Crippen LogP contribution is -2.31. The van der Waals surface area contributed by atoms with Crippen LogP contribution in [0.1, 0.15) is 27.2 Å². The third kappa shape index (κ3) is 4.45. The average molecular weight is 316 g/mol. The van der Waals surface area contributed by atoms with Crippen LogP contribution in [0.2, 0.25) is 0 Å². The maximum atomic E-state index is 11.9. The molecular formula is C19H24O4. The van der Waals surface area contributed by atoms with Crippen molar-refractivity contribution < 1.29 is 19.4 Å². The summed E-state index contributed by atoms with van der Waals surface area (Å²) in [5.74, 6) is 0.409. The van der Waals surface area contributed by atoms with Crippen molar-refractivity contribution >= 4 is 16.7 Å². The molecule has 4 heteroatoms. The highest BCUT2D eigenvalue weighted by atomic mass is 16.5. The van der Waals surface area contributed by atoms with Gasteiger partial charge in [0.05, 0.1) is 5.41 Å². The molecule has 124 valence electrons. The fourth-order valence-electron chi connectivity index (χ4n) is 2.07. The third-order valence-corrected chi connectivity index (χ3v) is 4.02. The molecular weight excluding hydrogens is 292 g/mol. The highest BCUT2D eigenvalue weighted by Gasteiger charge is 2.27. The number of ether oxygens (including phenoxy) is 2. The number of hydrogen-bond acceptors (Lipinski definition) is 4. The molecule has 0 aromatic heterocycles. The van der Waals surface area contributed by atoms with Gasteiger partial charge in [-0.15, -0.1) is 0 Å². The van der Waals surface area contributed by atoms with Crippen LogP contribution in [0.4, 0.5) is 0 Å². The molecule has 0 aliphatic carbocycles. The summed E-state index contributed by atoms with van der Waals surface area (Å²) >= 11 is 0. The number of aliphatic hydroxyl groups is 1. The Labute approximate surface area is 137 Å². The molecule has 0 aliphatic rings. The summed E-state index contributed by atoms with van der Waals surface area (Å²) in [6.07, 6.45) is -0.167. The monoisotopic (exact) mass is 316 g/mol. The Morgan fingerprint density at radius 3 is 2.57 bits per heavy atom. The highest BCUT2D eigenvalue weighted by molar-refractivity contribution is 5.88. The van der Waals surface area contributed by atoms with E-state index in [2.05, 4.69) is 0 Å². The van der Waals surface area contributed by atoms with E-state index in [9.17, 15) is 9.90 Å². The van der Waals surface area contributed by atoms with Gasteiger partial charge in [-0.3, -0.25) is 4.79 Å². The second-order valence-electron chi connectivity index (χ2n) is 6.28. The van der Waals surface area contributed by atoms with Gasteiger partial charge in [0.1, 0.15) is 25.1 Å². The molecule has 0 spiro atoms. The van der Waals surface area contributed by atoms with Gasteiger partial charge in [0, 0.05) is 5.39 Å². The summed E-state index contributed by atoms with van der Waals surface area (Å²) in [5, 5.41) is 12.0. The molecule has 4 nitrogen and oxygen atoms in total. The zero-order valence-corrected chi connectivity index (χ0v) is 13.9. The van der Waals surface area contributed by atoms with Crippen molar-refractivity contribution in [2.24, 2.45) is 5.41 Å². The third-order valence-electron chi connectivity index (χ3n) is 4.02. The average Bonchev–Trinajstić information content (AvgIpc) is 2.57. The van der Waals surface area contributed by atoms with Gasteiger partial charge in [0.15, 0.2) is 0 Å². The van der Waals surface area contributed by atoms with E-state index in [0.717, 1.165) is 10.8 Å². The molecule has 2 aromatic carbocycles. The quantitative estimate of drug-likeness (QED) is 0.794. The Balaban J connectivity index is 1.89. The number of esters is 1. The number of benzene rings is 2. The van der Waals surface area contributed by atoms with Gasteiger partial charge >= 0.3 is 5.97 Å². The Kier molecular flexibility index (Phi) is 5.61. The van der Waals surface area contributed by atoms with Crippen LogP contribution in [0.15, 0.2) is 42.5 Å². The minimum absolute atomic E-state index is 0.0625. The van der Waals surface area contributed by atoms with Gasteiger partial charge < -0.3 is 14.6 Å². The molecule has 2 rings (SSSR count). The van der Waals surface area contributed by atoms with E-state index in [4.69, 9.17) is 9.47 Å². The molecule has 0 fully saturated rings. The zero-order chi connectivity index (χ0) is 16.9. The van der Waals surface area contributed by atoms with Gasteiger partial charge in [0.2, 0.25) is 0 Å². The fraction of sp³-hybridized carbons (Fsp3) is 0.421. The van der Waals surface area contributed by atoms with E-state index in [1.165, 1.54) is 0 Å². The van der Waals surface area contributed by atoms with Crippen molar-refractivity contribution in [3.05, 3.63) is 42.5 Å². The van der Waals surface area contributed by atoms with Crippen LogP contribution < -0.4 is 4.74 Å². The Hall–Kier alpha value is -2.07. The lowest BCUT2D eigenvalue weighted by atomic mass is 9.91. The molecule has 0 aliphatic heterocycles. The second-order valence-corrected chi connectivity index (χ2v) is 6.28. The smallest absolute Gasteiger partial charge is 0.311 e. The standard InChI is InChI=1S/C19H24O4/c1-4-19(2,3)18(21)23-13-15(20)12-22-17-11-7-9-14-8-5-6-10-16(14)17/h5-11,15,20H,4,12-13H2,1-3H3. The first-order chi connectivity index (χ1) is 10.9. The highest BCUT2D eigenvalue weighted by Crippen LogP contribution is 2.25. The number of rotatable bonds is 7. The molecule has 1 unspecified atom stereocenters. The lowest BCUT2D eigenvalue weighted by Gasteiger charge is -2.21. The normalized spacial score (nSPS) is 12.9. The van der Waals surface area contributed by atoms with Crippen molar-refractivity contribution in [2.75, 3.05) is 13.2 Å². The fourth-order valence-corrected chi connectivity index (χ4v) is 2.07. The topological polar surface area (TPSA) is 55.8 Å². The van der Waals surface area contributed by atoms with Crippen LogP contribution in [-0.2, 0) is 9.53 Å². The van der Waals surface area contributed by atoms with E-state index >= 15 is 0 Å². The SMILES string of the molecule is CCC(C)(C)C(=O)OCC(O)COc1cccc2ccccc12. The molecule has 0 radical (unpaired) electrons. The number of carbonyl (C=O) groups is 1. The van der Waals surface area contributed by atoms with Crippen LogP contribution in [0.3, 0.4) is 0 Å². The van der Waals surface area contributed by atoms with Crippen molar-refractivity contribution in [1.29, 1.82) is 0 Å². The maximum absolute atomic E-state index is 11.9. The van der Waals surface area contributed by atoms with Gasteiger partial charge in [-0.1, -0.05) is 43.3 Å². The number of hydrogen-bond donors (Lipinski definition) is 1. The molecule has 1 atom stereocenters. The second kappa shape index (κ2) is 7.47. The van der Waals surface area contributed by atoms with E-state index in [1.54, 1.807) is 0 Å². The summed E-state index contributed by atoms with van der Waals surface area (Å²) in [6.45, 7) is 5.60. The van der Waals surface area contributed by atoms with Crippen LogP contribution in [0.5, 0.6) is 5.75 Å². The Bertz CT molecular complexity index is 658. The van der Waals surface area contributed by atoms with Gasteiger partial charge in [0.25, 0.3) is 0 Å². The van der Waals surface area contributed by atoms with Crippen molar-refractivity contribution in [3.63, 3.8) is 0 Å². The molecule has 0 heterocycles. The Morgan fingerprint density at radius 2 is 1.83 bits per heavy atom. The van der Waals surface area contributed by atoms with Crippen LogP contribution in [0, 0.1) is 5.41 Å². The summed E-state index contributed by atoms with van der Waals surface area (Å²) < 4.78 is 10.9. The molecule has 0 amide bonds. The number of carbonyl (C=O) groups excluding carboxylic acids is 1. The molecule has 23 heavy (non-hydrogen) atoms. The molecule has 0 bridgehead atoms. The largest absolute Gasteiger partial charge is 0.490 e. The Morgan fingerprint density at radius 1 is 1.13 bits per heavy atom. The van der Waals surface area contributed by atoms with Crippen LogP contribution >= 0.6 is 0 Å². The summed E-state index contributed by atoms with van der Waals surface area (Å²) in [6, 6.07) is 13.7. The number of fused-ring (bicyclic) bond motifs is 1. The lowest BCUT2D eigenvalue weighted by molar-refractivity contribution is -0.157. The molecule has 1 N–H and O–H groups in total. The van der Waals surface area contributed by atoms with Gasteiger partial charge in [-0.25, -0.2) is 0 Å². The zero-order valence-electron chi connectivity index (χ0n) is 13.9. The van der Waals surface area contributed by atoms with Crippen LogP contribution in [0.25, 0.3) is 10.8 Å². The van der Waals surface area contributed by atoms with E-state index in [-0.39, 0.29) is 19.2 Å². The summed E-state index contributed by atoms with van der Waals surface area (Å²) in [7, 11) is 0.